The van der Waals surface area contributed by atoms with Gasteiger partial charge in [-0.2, -0.15) is 0 Å². The number of pyridine rings is 1. The highest BCUT2D eigenvalue weighted by Gasteiger charge is 2.11. The minimum atomic E-state index is -0.517. The third kappa shape index (κ3) is 4.10. The number of para-hydroxylation sites is 1. The summed E-state index contributed by atoms with van der Waals surface area (Å²) in [7, 11) is 0. The zero-order valence-corrected chi connectivity index (χ0v) is 14.0. The minimum Gasteiger partial charge on any atom is -0.355 e. The highest BCUT2D eigenvalue weighted by molar-refractivity contribution is 6.03. The van der Waals surface area contributed by atoms with Gasteiger partial charge in [-0.25, -0.2) is 4.39 Å². The number of benzene rings is 2. The van der Waals surface area contributed by atoms with E-state index in [1.807, 2.05) is 6.07 Å². The molecule has 3 aromatic rings. The largest absolute Gasteiger partial charge is 0.355 e. The Kier molecular flexibility index (Phi) is 5.03. The number of anilines is 3. The second-order valence-corrected chi connectivity index (χ2v) is 5.63. The lowest BCUT2D eigenvalue weighted by molar-refractivity contribution is 0.101. The first-order chi connectivity index (χ1) is 12.5. The van der Waals surface area contributed by atoms with Gasteiger partial charge in [0.15, 0.2) is 5.78 Å². The highest BCUT2D eigenvalue weighted by atomic mass is 19.1. The molecule has 0 radical (unpaired) electrons. The predicted molar refractivity (Wildman–Crippen MR) is 98.3 cm³/mol. The topological polar surface area (TPSA) is 71.1 Å². The molecule has 0 aliphatic heterocycles. The second-order valence-electron chi connectivity index (χ2n) is 5.63. The van der Waals surface area contributed by atoms with Crippen LogP contribution in [0.2, 0.25) is 0 Å². The van der Waals surface area contributed by atoms with Gasteiger partial charge in [0.05, 0.1) is 5.69 Å². The summed E-state index contributed by atoms with van der Waals surface area (Å²) in [5.41, 5.74) is 2.15. The van der Waals surface area contributed by atoms with Crippen LogP contribution in [0.15, 0.2) is 66.9 Å². The van der Waals surface area contributed by atoms with Crippen LogP contribution in [-0.4, -0.2) is 16.7 Å². The van der Waals surface area contributed by atoms with Crippen molar-refractivity contribution in [2.45, 2.75) is 6.92 Å². The third-order valence-corrected chi connectivity index (χ3v) is 3.67. The number of hydrogen-bond acceptors (Lipinski definition) is 4. The van der Waals surface area contributed by atoms with Gasteiger partial charge in [-0.1, -0.05) is 24.3 Å². The van der Waals surface area contributed by atoms with Crippen molar-refractivity contribution in [3.63, 3.8) is 0 Å². The van der Waals surface area contributed by atoms with Crippen LogP contribution in [-0.2, 0) is 0 Å². The summed E-state index contributed by atoms with van der Waals surface area (Å²) in [5, 5.41) is 5.62. The van der Waals surface area contributed by atoms with Gasteiger partial charge >= 0.3 is 0 Å². The number of nitrogens with one attached hydrogen (secondary N) is 2. The molecule has 130 valence electrons. The zero-order valence-electron chi connectivity index (χ0n) is 14.0. The fourth-order valence-corrected chi connectivity index (χ4v) is 2.36. The van der Waals surface area contributed by atoms with Crippen molar-refractivity contribution in [2.24, 2.45) is 0 Å². The third-order valence-electron chi connectivity index (χ3n) is 3.67. The maximum atomic E-state index is 13.7. The van der Waals surface area contributed by atoms with E-state index < -0.39 is 11.7 Å². The van der Waals surface area contributed by atoms with E-state index in [-0.39, 0.29) is 17.2 Å². The van der Waals surface area contributed by atoms with Crippen LogP contribution in [0.4, 0.5) is 21.5 Å². The Morgan fingerprint density at radius 2 is 1.73 bits per heavy atom. The molecule has 0 unspecified atom stereocenters. The average molecular weight is 349 g/mol. The summed E-state index contributed by atoms with van der Waals surface area (Å²) in [6, 6.07) is 16.2. The maximum Gasteiger partial charge on any atom is 0.274 e. The number of ketones is 1. The normalized spacial score (nSPS) is 10.2. The van der Waals surface area contributed by atoms with Crippen molar-refractivity contribution in [2.75, 3.05) is 10.6 Å². The minimum absolute atomic E-state index is 0.0340. The van der Waals surface area contributed by atoms with E-state index in [4.69, 9.17) is 0 Å². The van der Waals surface area contributed by atoms with Gasteiger partial charge in [0.25, 0.3) is 5.91 Å². The van der Waals surface area contributed by atoms with Gasteiger partial charge in [-0.05, 0) is 43.3 Å². The van der Waals surface area contributed by atoms with E-state index in [1.165, 1.54) is 25.3 Å². The highest BCUT2D eigenvalue weighted by Crippen LogP contribution is 2.19. The smallest absolute Gasteiger partial charge is 0.274 e. The lowest BCUT2D eigenvalue weighted by atomic mass is 10.1. The summed E-state index contributed by atoms with van der Waals surface area (Å²) in [6.07, 6.45) is 1.48. The van der Waals surface area contributed by atoms with Crippen molar-refractivity contribution in [1.82, 2.24) is 4.98 Å². The second kappa shape index (κ2) is 7.57. The fraction of sp³-hybridized carbons (Fsp3) is 0.0500. The standard InChI is InChI=1S/C20H16FN3O2/c1-13(25)14-5-4-6-15(11-14)23-16-9-10-22-19(12-16)20(26)24-18-8-3-2-7-17(18)21/h2-12H,1H3,(H,22,23)(H,24,26). The number of amides is 1. The molecule has 0 spiro atoms. The van der Waals surface area contributed by atoms with Crippen LogP contribution >= 0.6 is 0 Å². The monoisotopic (exact) mass is 349 g/mol. The van der Waals surface area contributed by atoms with Gasteiger partial charge in [0, 0.05) is 23.1 Å². The molecular weight excluding hydrogens is 333 g/mol. The Balaban J connectivity index is 1.78. The number of rotatable bonds is 5. The molecular formula is C20H16FN3O2. The fourth-order valence-electron chi connectivity index (χ4n) is 2.36. The molecule has 0 atom stereocenters. The van der Waals surface area contributed by atoms with E-state index in [1.54, 1.807) is 42.5 Å². The summed E-state index contributed by atoms with van der Waals surface area (Å²) in [5.74, 6) is -1.07. The van der Waals surface area contributed by atoms with E-state index >= 15 is 0 Å². The molecule has 3 rings (SSSR count). The number of halogens is 1. The summed E-state index contributed by atoms with van der Waals surface area (Å²) in [6.45, 7) is 1.50. The number of carbonyl (C=O) groups excluding carboxylic acids is 2. The molecule has 5 nitrogen and oxygen atoms in total. The van der Waals surface area contributed by atoms with Gasteiger partial charge in [-0.3, -0.25) is 14.6 Å². The first kappa shape index (κ1) is 17.3. The van der Waals surface area contributed by atoms with Gasteiger partial charge in [0.1, 0.15) is 11.5 Å². The summed E-state index contributed by atoms with van der Waals surface area (Å²) in [4.78, 5) is 27.8. The number of carbonyl (C=O) groups is 2. The van der Waals surface area contributed by atoms with Crippen LogP contribution in [0.3, 0.4) is 0 Å². The van der Waals surface area contributed by atoms with Crippen molar-refractivity contribution in [1.29, 1.82) is 0 Å². The van der Waals surface area contributed by atoms with Gasteiger partial charge < -0.3 is 10.6 Å². The molecule has 0 saturated heterocycles. The van der Waals surface area contributed by atoms with Crippen LogP contribution in [0.1, 0.15) is 27.8 Å². The average Bonchev–Trinajstić information content (AvgIpc) is 2.64. The maximum absolute atomic E-state index is 13.7. The Hall–Kier alpha value is -3.54. The van der Waals surface area contributed by atoms with E-state index in [2.05, 4.69) is 15.6 Å². The van der Waals surface area contributed by atoms with Gasteiger partial charge in [0.2, 0.25) is 0 Å². The number of aromatic nitrogens is 1. The molecule has 2 aromatic carbocycles. The van der Waals surface area contributed by atoms with Crippen LogP contribution in [0.25, 0.3) is 0 Å². The van der Waals surface area contributed by atoms with E-state index in [9.17, 15) is 14.0 Å². The Morgan fingerprint density at radius 1 is 0.962 bits per heavy atom. The SMILES string of the molecule is CC(=O)c1cccc(Nc2ccnc(C(=O)Nc3ccccc3F)c2)c1. The Morgan fingerprint density at radius 3 is 2.50 bits per heavy atom. The van der Waals surface area contributed by atoms with Crippen LogP contribution in [0.5, 0.6) is 0 Å². The number of hydrogen-bond donors (Lipinski definition) is 2. The Bertz CT molecular complexity index is 973. The molecule has 1 aromatic heterocycles. The molecule has 0 aliphatic carbocycles. The van der Waals surface area contributed by atoms with Gasteiger partial charge in [-0.15, -0.1) is 0 Å². The first-order valence-corrected chi connectivity index (χ1v) is 7.93. The van der Waals surface area contributed by atoms with Crippen molar-refractivity contribution < 1.29 is 14.0 Å². The Labute approximate surface area is 149 Å². The van der Waals surface area contributed by atoms with E-state index in [0.717, 1.165) is 0 Å². The van der Waals surface area contributed by atoms with Crippen molar-refractivity contribution in [3.05, 3.63) is 83.9 Å². The van der Waals surface area contributed by atoms with Crippen molar-refractivity contribution >= 4 is 28.8 Å². The molecule has 0 fully saturated rings. The first-order valence-electron chi connectivity index (χ1n) is 7.93. The lowest BCUT2D eigenvalue weighted by Gasteiger charge is -2.09. The summed E-state index contributed by atoms with van der Waals surface area (Å²) >= 11 is 0. The molecule has 6 heteroatoms. The zero-order chi connectivity index (χ0) is 18.5. The molecule has 0 bridgehead atoms. The van der Waals surface area contributed by atoms with Crippen LogP contribution in [0, 0.1) is 5.82 Å². The van der Waals surface area contributed by atoms with Crippen molar-refractivity contribution in [3.8, 4) is 0 Å². The predicted octanol–water partition coefficient (Wildman–Crippen LogP) is 4.42. The van der Waals surface area contributed by atoms with Crippen LogP contribution < -0.4 is 10.6 Å². The quantitative estimate of drug-likeness (QED) is 0.669. The number of Topliss-reactive ketones (excluding diaryl/α,β-unsaturated/α-hetero) is 1. The lowest BCUT2D eigenvalue weighted by Crippen LogP contribution is -2.14. The van der Waals surface area contributed by atoms with E-state index in [0.29, 0.717) is 16.9 Å². The summed E-state index contributed by atoms with van der Waals surface area (Å²) < 4.78 is 13.7. The molecule has 26 heavy (non-hydrogen) atoms. The molecule has 2 N–H and O–H groups in total. The molecule has 1 heterocycles. The molecule has 0 aliphatic rings. The number of nitrogens with zero attached hydrogens (tertiary/aromatic N) is 1. The molecule has 1 amide bonds. The molecule has 0 saturated carbocycles.